The lowest BCUT2D eigenvalue weighted by molar-refractivity contribution is -0.134. The maximum atomic E-state index is 12.1. The van der Waals surface area contributed by atoms with E-state index in [1.165, 1.54) is 0 Å². The van der Waals surface area contributed by atoms with Crippen molar-refractivity contribution in [3.05, 3.63) is 18.5 Å². The number of carbonyl (C=O) groups excluding carboxylic acids is 1. The van der Waals surface area contributed by atoms with Crippen LogP contribution in [0.5, 0.6) is 0 Å². The van der Waals surface area contributed by atoms with Gasteiger partial charge in [-0.1, -0.05) is 13.8 Å². The van der Waals surface area contributed by atoms with Crippen LogP contribution in [-0.2, 0) is 11.3 Å². The molecule has 0 saturated heterocycles. The summed E-state index contributed by atoms with van der Waals surface area (Å²) in [5.74, 6) is 0.153. The molecule has 0 spiro atoms. The van der Waals surface area contributed by atoms with E-state index in [0.29, 0.717) is 12.6 Å². The van der Waals surface area contributed by atoms with Crippen LogP contribution in [0.2, 0.25) is 0 Å². The standard InChI is InChI=1S/C12H21N3O/c1-4-8-15(11(3)5-2)12(16)10-14-9-6-7-13-14/h6-7,9,11H,4-5,8,10H2,1-3H3. The van der Waals surface area contributed by atoms with Gasteiger partial charge in [0, 0.05) is 25.0 Å². The van der Waals surface area contributed by atoms with E-state index in [1.54, 1.807) is 10.9 Å². The van der Waals surface area contributed by atoms with Crippen LogP contribution < -0.4 is 0 Å². The van der Waals surface area contributed by atoms with Gasteiger partial charge < -0.3 is 4.90 Å². The lowest BCUT2D eigenvalue weighted by atomic mass is 10.2. The smallest absolute Gasteiger partial charge is 0.244 e. The first-order chi connectivity index (χ1) is 7.69. The second-order valence-corrected chi connectivity index (χ2v) is 4.05. The summed E-state index contributed by atoms with van der Waals surface area (Å²) in [5, 5.41) is 4.05. The van der Waals surface area contributed by atoms with E-state index in [9.17, 15) is 4.79 Å². The van der Waals surface area contributed by atoms with Gasteiger partial charge in [0.25, 0.3) is 0 Å². The molecule has 0 radical (unpaired) electrons. The summed E-state index contributed by atoms with van der Waals surface area (Å²) in [4.78, 5) is 14.0. The molecule has 1 aromatic heterocycles. The molecule has 0 N–H and O–H groups in total. The highest BCUT2D eigenvalue weighted by Crippen LogP contribution is 2.06. The summed E-state index contributed by atoms with van der Waals surface area (Å²) in [6.07, 6.45) is 5.50. The molecule has 4 nitrogen and oxygen atoms in total. The van der Waals surface area contributed by atoms with Crippen LogP contribution in [0.3, 0.4) is 0 Å². The third kappa shape index (κ3) is 3.36. The van der Waals surface area contributed by atoms with E-state index in [4.69, 9.17) is 0 Å². The Bertz CT molecular complexity index is 308. The molecule has 0 aliphatic heterocycles. The van der Waals surface area contributed by atoms with E-state index in [1.807, 2.05) is 17.2 Å². The highest BCUT2D eigenvalue weighted by Gasteiger charge is 2.17. The van der Waals surface area contributed by atoms with Gasteiger partial charge in [0.05, 0.1) is 0 Å². The zero-order chi connectivity index (χ0) is 12.0. The lowest BCUT2D eigenvalue weighted by Gasteiger charge is -2.28. The first kappa shape index (κ1) is 12.7. The number of nitrogens with zero attached hydrogens (tertiary/aromatic N) is 3. The van der Waals surface area contributed by atoms with E-state index in [0.717, 1.165) is 19.4 Å². The Labute approximate surface area is 97.2 Å². The minimum Gasteiger partial charge on any atom is -0.338 e. The average molecular weight is 223 g/mol. The number of hydrogen-bond donors (Lipinski definition) is 0. The van der Waals surface area contributed by atoms with E-state index in [-0.39, 0.29) is 5.91 Å². The van der Waals surface area contributed by atoms with Crippen LogP contribution in [0.4, 0.5) is 0 Å². The Morgan fingerprint density at radius 3 is 2.75 bits per heavy atom. The van der Waals surface area contributed by atoms with Crippen LogP contribution in [0.1, 0.15) is 33.6 Å². The summed E-state index contributed by atoms with van der Waals surface area (Å²) in [7, 11) is 0. The zero-order valence-corrected chi connectivity index (χ0v) is 10.4. The van der Waals surface area contributed by atoms with Crippen molar-refractivity contribution in [3.63, 3.8) is 0 Å². The summed E-state index contributed by atoms with van der Waals surface area (Å²) in [5.41, 5.74) is 0. The topological polar surface area (TPSA) is 38.1 Å². The molecular weight excluding hydrogens is 202 g/mol. The minimum absolute atomic E-state index is 0.153. The summed E-state index contributed by atoms with van der Waals surface area (Å²) in [6.45, 7) is 7.47. The van der Waals surface area contributed by atoms with Crippen molar-refractivity contribution in [2.45, 2.75) is 46.2 Å². The van der Waals surface area contributed by atoms with Gasteiger partial charge in [-0.15, -0.1) is 0 Å². The molecular formula is C12H21N3O. The van der Waals surface area contributed by atoms with Gasteiger partial charge in [-0.2, -0.15) is 5.10 Å². The first-order valence-corrected chi connectivity index (χ1v) is 5.95. The van der Waals surface area contributed by atoms with Crippen LogP contribution in [0, 0.1) is 0 Å². The van der Waals surface area contributed by atoms with Gasteiger partial charge in [-0.05, 0) is 25.8 Å². The van der Waals surface area contributed by atoms with Gasteiger partial charge in [-0.3, -0.25) is 9.48 Å². The fraction of sp³-hybridized carbons (Fsp3) is 0.667. The third-order valence-corrected chi connectivity index (χ3v) is 2.76. The average Bonchev–Trinajstić information content (AvgIpc) is 2.77. The summed E-state index contributed by atoms with van der Waals surface area (Å²) >= 11 is 0. The van der Waals surface area contributed by atoms with Gasteiger partial charge in [-0.25, -0.2) is 0 Å². The molecule has 1 rings (SSSR count). The van der Waals surface area contributed by atoms with Crippen molar-refractivity contribution in [2.75, 3.05) is 6.54 Å². The number of hydrogen-bond acceptors (Lipinski definition) is 2. The van der Waals surface area contributed by atoms with Gasteiger partial charge >= 0.3 is 0 Å². The molecule has 0 aliphatic carbocycles. The van der Waals surface area contributed by atoms with Crippen molar-refractivity contribution in [2.24, 2.45) is 0 Å². The van der Waals surface area contributed by atoms with Crippen molar-refractivity contribution in [1.29, 1.82) is 0 Å². The Kier molecular flexibility index (Phi) is 5.02. The highest BCUT2D eigenvalue weighted by molar-refractivity contribution is 5.76. The van der Waals surface area contributed by atoms with Crippen molar-refractivity contribution >= 4 is 5.91 Å². The van der Waals surface area contributed by atoms with Gasteiger partial charge in [0.2, 0.25) is 5.91 Å². The zero-order valence-electron chi connectivity index (χ0n) is 10.4. The van der Waals surface area contributed by atoms with Crippen LogP contribution >= 0.6 is 0 Å². The molecule has 90 valence electrons. The second-order valence-electron chi connectivity index (χ2n) is 4.05. The highest BCUT2D eigenvalue weighted by atomic mass is 16.2. The molecule has 0 bridgehead atoms. The van der Waals surface area contributed by atoms with E-state index >= 15 is 0 Å². The first-order valence-electron chi connectivity index (χ1n) is 5.95. The molecule has 1 aromatic rings. The number of carbonyl (C=O) groups is 1. The maximum Gasteiger partial charge on any atom is 0.244 e. The molecule has 0 saturated carbocycles. The quantitative estimate of drug-likeness (QED) is 0.739. The third-order valence-electron chi connectivity index (χ3n) is 2.76. The number of aromatic nitrogens is 2. The Morgan fingerprint density at radius 2 is 2.25 bits per heavy atom. The largest absolute Gasteiger partial charge is 0.338 e. The van der Waals surface area contributed by atoms with Crippen LogP contribution in [0.25, 0.3) is 0 Å². The summed E-state index contributed by atoms with van der Waals surface area (Å²) < 4.78 is 1.67. The molecule has 1 atom stereocenters. The van der Waals surface area contributed by atoms with Crippen LogP contribution in [0.15, 0.2) is 18.5 Å². The predicted octanol–water partition coefficient (Wildman–Crippen LogP) is 1.92. The fourth-order valence-electron chi connectivity index (χ4n) is 1.68. The molecule has 0 aromatic carbocycles. The SMILES string of the molecule is CCCN(C(=O)Cn1cccn1)C(C)CC. The maximum absolute atomic E-state index is 12.1. The molecule has 1 unspecified atom stereocenters. The lowest BCUT2D eigenvalue weighted by Crippen LogP contribution is -2.40. The Morgan fingerprint density at radius 1 is 1.50 bits per heavy atom. The number of amides is 1. The van der Waals surface area contributed by atoms with E-state index < -0.39 is 0 Å². The van der Waals surface area contributed by atoms with Crippen molar-refractivity contribution in [1.82, 2.24) is 14.7 Å². The molecule has 1 amide bonds. The molecule has 4 heteroatoms. The van der Waals surface area contributed by atoms with Crippen molar-refractivity contribution in [3.8, 4) is 0 Å². The van der Waals surface area contributed by atoms with Crippen LogP contribution in [-0.4, -0.2) is 33.2 Å². The Hall–Kier alpha value is -1.32. The second kappa shape index (κ2) is 6.30. The van der Waals surface area contributed by atoms with Crippen molar-refractivity contribution < 1.29 is 4.79 Å². The molecule has 0 fully saturated rings. The minimum atomic E-state index is 0.153. The van der Waals surface area contributed by atoms with Gasteiger partial charge in [0.1, 0.15) is 6.54 Å². The van der Waals surface area contributed by atoms with E-state index in [2.05, 4.69) is 25.9 Å². The molecule has 1 heterocycles. The predicted molar refractivity (Wildman–Crippen MR) is 64.0 cm³/mol. The molecule has 16 heavy (non-hydrogen) atoms. The monoisotopic (exact) mass is 223 g/mol. The molecule has 0 aliphatic rings. The Balaban J connectivity index is 2.60. The fourth-order valence-corrected chi connectivity index (χ4v) is 1.68. The normalized spacial score (nSPS) is 12.4. The number of rotatable bonds is 6. The summed E-state index contributed by atoms with van der Waals surface area (Å²) in [6, 6.07) is 2.14. The van der Waals surface area contributed by atoms with Gasteiger partial charge in [0.15, 0.2) is 0 Å².